The molecular formula is C20H20F3NO2S. The van der Waals surface area contributed by atoms with Crippen LogP contribution in [0.3, 0.4) is 0 Å². The molecule has 4 rings (SSSR count). The summed E-state index contributed by atoms with van der Waals surface area (Å²) in [6.07, 6.45) is -3.63. The fourth-order valence-corrected chi connectivity index (χ4v) is 4.34. The number of nitrogens with zero attached hydrogens (tertiary/aromatic N) is 1. The van der Waals surface area contributed by atoms with Gasteiger partial charge in [0.1, 0.15) is 5.75 Å². The van der Waals surface area contributed by atoms with Crippen LogP contribution in [-0.4, -0.2) is 31.1 Å². The molecule has 2 aliphatic heterocycles. The zero-order valence-corrected chi connectivity index (χ0v) is 15.6. The quantitative estimate of drug-likeness (QED) is 0.683. The van der Waals surface area contributed by atoms with Crippen LogP contribution in [0.2, 0.25) is 0 Å². The summed E-state index contributed by atoms with van der Waals surface area (Å²) >= 11 is 1.41. The highest BCUT2D eigenvalue weighted by molar-refractivity contribution is 7.99. The number of fused-ring (bicyclic) bond motifs is 2. The molecule has 2 aliphatic rings. The number of alkyl halides is 3. The zero-order chi connectivity index (χ0) is 19.0. The van der Waals surface area contributed by atoms with Gasteiger partial charge in [-0.1, -0.05) is 23.9 Å². The first-order valence-corrected chi connectivity index (χ1v) is 9.70. The van der Waals surface area contributed by atoms with Crippen LogP contribution in [0.1, 0.15) is 30.3 Å². The van der Waals surface area contributed by atoms with Crippen molar-refractivity contribution < 1.29 is 22.6 Å². The maximum atomic E-state index is 13.3. The molecular weight excluding hydrogens is 375 g/mol. The lowest BCUT2D eigenvalue weighted by atomic mass is 10.1. The molecule has 0 N–H and O–H groups in total. The van der Waals surface area contributed by atoms with Gasteiger partial charge in [-0.3, -0.25) is 0 Å². The molecule has 2 aromatic rings. The Morgan fingerprint density at radius 2 is 1.81 bits per heavy atom. The summed E-state index contributed by atoms with van der Waals surface area (Å²) in [6.45, 7) is 1.80. The molecule has 0 spiro atoms. The smallest absolute Gasteiger partial charge is 0.416 e. The van der Waals surface area contributed by atoms with E-state index in [-0.39, 0.29) is 6.10 Å². The van der Waals surface area contributed by atoms with Crippen molar-refractivity contribution in [1.82, 2.24) is 4.90 Å². The molecule has 0 aromatic heterocycles. The summed E-state index contributed by atoms with van der Waals surface area (Å²) in [5.74, 6) is 0.630. The number of para-hydroxylation sites is 1. The van der Waals surface area contributed by atoms with Crippen molar-refractivity contribution >= 4 is 11.8 Å². The van der Waals surface area contributed by atoms with Gasteiger partial charge in [0.25, 0.3) is 0 Å². The Morgan fingerprint density at radius 1 is 1.07 bits per heavy atom. The van der Waals surface area contributed by atoms with Crippen molar-refractivity contribution in [1.29, 1.82) is 0 Å². The van der Waals surface area contributed by atoms with Crippen LogP contribution in [0.25, 0.3) is 0 Å². The van der Waals surface area contributed by atoms with Gasteiger partial charge >= 0.3 is 6.18 Å². The summed E-state index contributed by atoms with van der Waals surface area (Å²) < 4.78 is 52.0. The normalized spacial score (nSPS) is 21.1. The van der Waals surface area contributed by atoms with E-state index >= 15 is 0 Å². The number of halogens is 3. The van der Waals surface area contributed by atoms with Crippen molar-refractivity contribution in [2.45, 2.75) is 41.2 Å². The van der Waals surface area contributed by atoms with Crippen molar-refractivity contribution in [3.8, 4) is 5.75 Å². The number of ether oxygens (including phenoxy) is 2. The first-order valence-electron chi connectivity index (χ1n) is 8.89. The van der Waals surface area contributed by atoms with E-state index in [1.165, 1.54) is 17.8 Å². The van der Waals surface area contributed by atoms with Crippen molar-refractivity contribution in [2.24, 2.45) is 0 Å². The summed E-state index contributed by atoms with van der Waals surface area (Å²) in [4.78, 5) is 3.81. The predicted octanol–water partition coefficient (Wildman–Crippen LogP) is 5.36. The van der Waals surface area contributed by atoms with E-state index in [1.54, 1.807) is 0 Å². The molecule has 1 atom stereocenters. The van der Waals surface area contributed by atoms with Crippen LogP contribution in [-0.2, 0) is 10.9 Å². The lowest BCUT2D eigenvalue weighted by molar-refractivity contribution is -0.142. The predicted molar refractivity (Wildman–Crippen MR) is 97.0 cm³/mol. The van der Waals surface area contributed by atoms with Crippen molar-refractivity contribution in [3.63, 3.8) is 0 Å². The minimum absolute atomic E-state index is 0.0381. The molecule has 0 saturated carbocycles. The minimum Gasteiger partial charge on any atom is -0.459 e. The van der Waals surface area contributed by atoms with Gasteiger partial charge in [-0.25, -0.2) is 0 Å². The van der Waals surface area contributed by atoms with Crippen LogP contribution >= 0.6 is 11.8 Å². The van der Waals surface area contributed by atoms with Gasteiger partial charge < -0.3 is 14.4 Å². The second-order valence-electron chi connectivity index (χ2n) is 6.89. The van der Waals surface area contributed by atoms with Crippen LogP contribution in [0.5, 0.6) is 5.75 Å². The number of hydrogen-bond acceptors (Lipinski definition) is 4. The third-order valence-electron chi connectivity index (χ3n) is 4.88. The second kappa shape index (κ2) is 7.37. The molecule has 1 saturated heterocycles. The summed E-state index contributed by atoms with van der Waals surface area (Å²) in [5, 5.41) is 0. The Morgan fingerprint density at radius 3 is 2.56 bits per heavy atom. The maximum absolute atomic E-state index is 13.3. The van der Waals surface area contributed by atoms with E-state index in [1.807, 2.05) is 24.3 Å². The third-order valence-corrected chi connectivity index (χ3v) is 6.02. The van der Waals surface area contributed by atoms with E-state index in [4.69, 9.17) is 9.47 Å². The standard InChI is InChI=1S/C20H20F3NO2S/c1-24-10-8-14(9-11-24)25-19-15-12-13(20(21,22)23)6-7-17(15)27-18-5-3-2-4-16(18)26-19/h2-7,12,14,19H,8-11H2,1H3. The molecule has 1 fully saturated rings. The van der Waals surface area contributed by atoms with E-state index in [0.29, 0.717) is 11.3 Å². The Kier molecular flexibility index (Phi) is 5.09. The SMILES string of the molecule is CN1CCC(OC2Oc3ccccc3Sc3ccc(C(F)(F)F)cc32)CC1. The van der Waals surface area contributed by atoms with E-state index < -0.39 is 18.0 Å². The second-order valence-corrected chi connectivity index (χ2v) is 7.97. The average molecular weight is 395 g/mol. The maximum Gasteiger partial charge on any atom is 0.416 e. The minimum atomic E-state index is -4.41. The molecule has 144 valence electrons. The summed E-state index contributed by atoms with van der Waals surface area (Å²) in [6, 6.07) is 11.3. The van der Waals surface area contributed by atoms with Gasteiger partial charge in [-0.2, -0.15) is 13.2 Å². The zero-order valence-electron chi connectivity index (χ0n) is 14.8. The molecule has 0 amide bonds. The van der Waals surface area contributed by atoms with E-state index in [9.17, 15) is 13.2 Å². The Balaban J connectivity index is 1.70. The molecule has 27 heavy (non-hydrogen) atoms. The van der Waals surface area contributed by atoms with E-state index in [2.05, 4.69) is 11.9 Å². The number of benzene rings is 2. The van der Waals surface area contributed by atoms with Gasteiger partial charge in [-0.05, 0) is 50.2 Å². The molecule has 2 heterocycles. The number of likely N-dealkylation sites (tertiary alicyclic amines) is 1. The fourth-order valence-electron chi connectivity index (χ4n) is 3.33. The highest BCUT2D eigenvalue weighted by Gasteiger charge is 2.34. The molecule has 3 nitrogen and oxygen atoms in total. The van der Waals surface area contributed by atoms with Crippen molar-refractivity contribution in [3.05, 3.63) is 53.6 Å². The van der Waals surface area contributed by atoms with Gasteiger partial charge in [0.15, 0.2) is 0 Å². The third kappa shape index (κ3) is 4.10. The fraction of sp³-hybridized carbons (Fsp3) is 0.400. The van der Waals surface area contributed by atoms with Crippen molar-refractivity contribution in [2.75, 3.05) is 20.1 Å². The van der Waals surface area contributed by atoms with Gasteiger partial charge in [0, 0.05) is 23.5 Å². The molecule has 0 radical (unpaired) electrons. The van der Waals surface area contributed by atoms with Gasteiger partial charge in [0.2, 0.25) is 6.29 Å². The average Bonchev–Trinajstić information content (AvgIpc) is 2.79. The molecule has 0 bridgehead atoms. The molecule has 7 heteroatoms. The van der Waals surface area contributed by atoms with Gasteiger partial charge in [-0.15, -0.1) is 0 Å². The van der Waals surface area contributed by atoms with Crippen LogP contribution in [0, 0.1) is 0 Å². The number of piperidine rings is 1. The Hall–Kier alpha value is -1.70. The monoisotopic (exact) mass is 395 g/mol. The number of hydrogen-bond donors (Lipinski definition) is 0. The summed E-state index contributed by atoms with van der Waals surface area (Å²) in [5.41, 5.74) is -0.252. The van der Waals surface area contributed by atoms with Gasteiger partial charge in [0.05, 0.1) is 16.6 Å². The highest BCUT2D eigenvalue weighted by atomic mass is 32.2. The number of rotatable bonds is 2. The summed E-state index contributed by atoms with van der Waals surface area (Å²) in [7, 11) is 2.05. The lowest BCUT2D eigenvalue weighted by Crippen LogP contribution is -2.35. The Labute approximate surface area is 160 Å². The van der Waals surface area contributed by atoms with Crippen LogP contribution in [0.4, 0.5) is 13.2 Å². The Bertz CT molecular complexity index is 819. The molecule has 2 aromatic carbocycles. The molecule has 0 aliphatic carbocycles. The first-order chi connectivity index (χ1) is 12.9. The van der Waals surface area contributed by atoms with Crippen LogP contribution < -0.4 is 4.74 Å². The molecule has 1 unspecified atom stereocenters. The van der Waals surface area contributed by atoms with Crippen LogP contribution in [0.15, 0.2) is 52.3 Å². The lowest BCUT2D eigenvalue weighted by Gasteiger charge is -2.32. The largest absolute Gasteiger partial charge is 0.459 e. The topological polar surface area (TPSA) is 21.7 Å². The van der Waals surface area contributed by atoms with E-state index in [0.717, 1.165) is 47.9 Å². The highest BCUT2D eigenvalue weighted by Crippen LogP contribution is 2.46. The first kappa shape index (κ1) is 18.7.